The molecule has 1 aromatic heterocycles. The van der Waals surface area contributed by atoms with E-state index in [9.17, 15) is 5.11 Å². The van der Waals surface area contributed by atoms with Crippen molar-refractivity contribution in [2.75, 3.05) is 21.3 Å². The van der Waals surface area contributed by atoms with Gasteiger partial charge in [-0.25, -0.2) is 0 Å². The van der Waals surface area contributed by atoms with Crippen LogP contribution in [0.2, 0.25) is 0 Å². The van der Waals surface area contributed by atoms with Crippen LogP contribution in [0.25, 0.3) is 22.9 Å². The van der Waals surface area contributed by atoms with Crippen molar-refractivity contribution in [2.24, 2.45) is 0 Å². The van der Waals surface area contributed by atoms with Crippen LogP contribution in [0.3, 0.4) is 0 Å². The van der Waals surface area contributed by atoms with Crippen molar-refractivity contribution < 1.29 is 75.1 Å². The molecule has 3 aromatic rings. The van der Waals surface area contributed by atoms with Crippen molar-refractivity contribution in [3.05, 3.63) is 36.4 Å². The van der Waals surface area contributed by atoms with E-state index in [4.69, 9.17) is 18.6 Å². The van der Waals surface area contributed by atoms with Crippen LogP contribution in [0.1, 0.15) is 0 Å². The molecule has 3 rings (SSSR count). The average Bonchev–Trinajstić information content (AvgIpc) is 3.10. The van der Waals surface area contributed by atoms with Gasteiger partial charge in [-0.3, -0.25) is 0 Å². The van der Waals surface area contributed by atoms with Gasteiger partial charge in [0.05, 0.1) is 21.3 Å². The van der Waals surface area contributed by atoms with Gasteiger partial charge in [0.15, 0.2) is 11.5 Å². The maximum absolute atomic E-state index is 11.9. The summed E-state index contributed by atoms with van der Waals surface area (Å²) < 4.78 is 21.5. The second-order valence-corrected chi connectivity index (χ2v) is 4.82. The molecule has 0 N–H and O–H groups in total. The van der Waals surface area contributed by atoms with Crippen LogP contribution in [-0.4, -0.2) is 31.5 Å². The molecular formula is C17H15KN2O5. The van der Waals surface area contributed by atoms with Gasteiger partial charge in [0.25, 0.3) is 0 Å². The van der Waals surface area contributed by atoms with E-state index >= 15 is 0 Å². The Morgan fingerprint density at radius 2 is 1.48 bits per heavy atom. The van der Waals surface area contributed by atoms with Gasteiger partial charge < -0.3 is 23.7 Å². The van der Waals surface area contributed by atoms with Crippen LogP contribution in [0.15, 0.2) is 40.8 Å². The maximum Gasteiger partial charge on any atom is 1.00 e. The van der Waals surface area contributed by atoms with Gasteiger partial charge >= 0.3 is 51.4 Å². The summed E-state index contributed by atoms with van der Waals surface area (Å²) >= 11 is 0. The normalized spacial score (nSPS) is 10.0. The molecule has 0 spiro atoms. The van der Waals surface area contributed by atoms with Crippen molar-refractivity contribution in [3.63, 3.8) is 0 Å². The van der Waals surface area contributed by atoms with Gasteiger partial charge in [-0.1, -0.05) is 30.0 Å². The van der Waals surface area contributed by atoms with Gasteiger partial charge in [-0.2, -0.15) is 0 Å². The second kappa shape index (κ2) is 8.68. The molecule has 7 nitrogen and oxygen atoms in total. The van der Waals surface area contributed by atoms with E-state index in [0.29, 0.717) is 28.4 Å². The van der Waals surface area contributed by atoms with Gasteiger partial charge in [0, 0.05) is 11.1 Å². The predicted molar refractivity (Wildman–Crippen MR) is 84.3 cm³/mol. The molecule has 25 heavy (non-hydrogen) atoms. The molecule has 0 unspecified atom stereocenters. The number of hydrogen-bond donors (Lipinski definition) is 0. The van der Waals surface area contributed by atoms with E-state index in [1.54, 1.807) is 30.3 Å². The largest absolute Gasteiger partial charge is 1.00 e. The molecule has 0 fully saturated rings. The van der Waals surface area contributed by atoms with Gasteiger partial charge in [-0.15, -0.1) is 10.2 Å². The quantitative estimate of drug-likeness (QED) is 0.563. The fraction of sp³-hybridized carbons (Fsp3) is 0.176. The molecule has 0 bridgehead atoms. The number of aromatic nitrogens is 2. The maximum atomic E-state index is 11.9. The SMILES string of the molecule is COc1cc(-c2nnc(-c3ccccc3[O-])o2)cc(OC)c1OC.[K+]. The number of methoxy groups -OCH3 is 3. The van der Waals surface area contributed by atoms with Crippen LogP contribution in [0, 0.1) is 0 Å². The standard InChI is InChI=1S/C17H16N2O5.K/c1-21-13-8-10(9-14(22-2)15(13)23-3)16-18-19-17(24-16)11-6-4-5-7-12(11)20;/h4-9,20H,1-3H3;/q;+1/p-1. The Balaban J connectivity index is 0.00000225. The van der Waals surface area contributed by atoms with E-state index in [1.807, 2.05) is 0 Å². The van der Waals surface area contributed by atoms with Crippen LogP contribution >= 0.6 is 0 Å². The van der Waals surface area contributed by atoms with E-state index in [1.165, 1.54) is 27.4 Å². The molecule has 124 valence electrons. The Morgan fingerprint density at radius 1 is 0.880 bits per heavy atom. The first kappa shape index (κ1) is 19.7. The smallest absolute Gasteiger partial charge is 0.872 e. The van der Waals surface area contributed by atoms with Crippen LogP contribution in [-0.2, 0) is 0 Å². The summed E-state index contributed by atoms with van der Waals surface area (Å²) in [5.74, 6) is 1.62. The predicted octanol–water partition coefficient (Wildman–Crippen LogP) is -0.493. The Kier molecular flexibility index (Phi) is 6.85. The monoisotopic (exact) mass is 366 g/mol. The second-order valence-electron chi connectivity index (χ2n) is 4.82. The number of para-hydroxylation sites is 1. The number of ether oxygens (including phenoxy) is 3. The molecule has 0 aliphatic carbocycles. The molecule has 0 atom stereocenters. The fourth-order valence-corrected chi connectivity index (χ4v) is 2.30. The molecule has 0 saturated heterocycles. The Labute approximate surface area is 187 Å². The zero-order valence-corrected chi connectivity index (χ0v) is 17.5. The van der Waals surface area contributed by atoms with Crippen molar-refractivity contribution in [2.45, 2.75) is 0 Å². The molecule has 0 radical (unpaired) electrons. The van der Waals surface area contributed by atoms with E-state index in [-0.39, 0.29) is 68.9 Å². The van der Waals surface area contributed by atoms with E-state index in [2.05, 4.69) is 10.2 Å². The summed E-state index contributed by atoms with van der Waals surface area (Å²) in [6.45, 7) is 0. The number of benzene rings is 2. The third-order valence-electron chi connectivity index (χ3n) is 3.45. The summed E-state index contributed by atoms with van der Waals surface area (Å²) in [6.07, 6.45) is 0. The fourth-order valence-electron chi connectivity index (χ4n) is 2.30. The molecule has 0 saturated carbocycles. The topological polar surface area (TPSA) is 89.7 Å². The Hall–Kier alpha value is -1.58. The van der Waals surface area contributed by atoms with Crippen molar-refractivity contribution >= 4 is 0 Å². The summed E-state index contributed by atoms with van der Waals surface area (Å²) in [5.41, 5.74) is 0.940. The molecule has 0 amide bonds. The zero-order valence-electron chi connectivity index (χ0n) is 14.4. The molecule has 2 aromatic carbocycles. The minimum Gasteiger partial charge on any atom is -0.872 e. The van der Waals surface area contributed by atoms with Gasteiger partial charge in [0.2, 0.25) is 17.5 Å². The van der Waals surface area contributed by atoms with Crippen molar-refractivity contribution in [1.29, 1.82) is 0 Å². The minimum absolute atomic E-state index is 0. The third kappa shape index (κ3) is 3.99. The van der Waals surface area contributed by atoms with E-state index in [0.717, 1.165) is 0 Å². The van der Waals surface area contributed by atoms with Crippen LogP contribution < -0.4 is 70.7 Å². The number of nitrogens with zero attached hydrogens (tertiary/aromatic N) is 2. The van der Waals surface area contributed by atoms with Crippen molar-refractivity contribution in [3.8, 4) is 45.9 Å². The molecule has 8 heteroatoms. The van der Waals surface area contributed by atoms with Crippen LogP contribution in [0.4, 0.5) is 0 Å². The molecule has 0 aliphatic heterocycles. The van der Waals surface area contributed by atoms with Crippen molar-refractivity contribution in [1.82, 2.24) is 10.2 Å². The first-order valence-electron chi connectivity index (χ1n) is 7.08. The minimum atomic E-state index is -0.183. The number of hydrogen-bond acceptors (Lipinski definition) is 7. The first-order chi connectivity index (χ1) is 11.7. The molecular weight excluding hydrogens is 351 g/mol. The summed E-state index contributed by atoms with van der Waals surface area (Å²) in [6, 6.07) is 9.86. The van der Waals surface area contributed by atoms with Crippen LogP contribution in [0.5, 0.6) is 23.0 Å². The first-order valence-corrected chi connectivity index (χ1v) is 7.08. The zero-order chi connectivity index (χ0) is 17.1. The van der Waals surface area contributed by atoms with Gasteiger partial charge in [0.1, 0.15) is 0 Å². The summed E-state index contributed by atoms with van der Waals surface area (Å²) in [5, 5.41) is 19.8. The Bertz CT molecular complexity index is 841. The molecule has 1 heterocycles. The average molecular weight is 366 g/mol. The summed E-state index contributed by atoms with van der Waals surface area (Å²) in [4.78, 5) is 0. The Morgan fingerprint density at radius 3 is 2.04 bits per heavy atom. The van der Waals surface area contributed by atoms with Gasteiger partial charge in [-0.05, 0) is 12.1 Å². The molecule has 0 aliphatic rings. The third-order valence-corrected chi connectivity index (χ3v) is 3.45. The summed E-state index contributed by atoms with van der Waals surface area (Å²) in [7, 11) is 4.57. The van der Waals surface area contributed by atoms with E-state index < -0.39 is 0 Å². The number of rotatable bonds is 5.